The number of rotatable bonds is 7. The summed E-state index contributed by atoms with van der Waals surface area (Å²) in [5.74, 6) is 1.10. The van der Waals surface area contributed by atoms with Gasteiger partial charge in [0, 0.05) is 17.8 Å². The Kier molecular flexibility index (Phi) is 6.84. The van der Waals surface area contributed by atoms with Crippen LogP contribution in [0.3, 0.4) is 0 Å². The van der Waals surface area contributed by atoms with E-state index in [1.165, 1.54) is 12.8 Å². The summed E-state index contributed by atoms with van der Waals surface area (Å²) >= 11 is 1.94. The van der Waals surface area contributed by atoms with Crippen molar-refractivity contribution in [3.8, 4) is 0 Å². The first-order chi connectivity index (χ1) is 7.77. The molecule has 3 N–H and O–H groups in total. The normalized spacial score (nSPS) is 24.6. The second kappa shape index (κ2) is 7.92. The summed E-state index contributed by atoms with van der Waals surface area (Å²) < 4.78 is 5.11. The van der Waals surface area contributed by atoms with E-state index in [4.69, 9.17) is 10.5 Å². The van der Waals surface area contributed by atoms with Crippen molar-refractivity contribution in [2.75, 3.05) is 25.5 Å². The molecule has 0 spiro atoms. The smallest absolute Gasteiger partial charge is 0.246 e. The zero-order chi connectivity index (χ0) is 11.8. The van der Waals surface area contributed by atoms with E-state index in [-0.39, 0.29) is 12.5 Å². The van der Waals surface area contributed by atoms with E-state index in [2.05, 4.69) is 12.2 Å². The molecule has 2 unspecified atom stereocenters. The number of amides is 1. The third-order valence-electron chi connectivity index (χ3n) is 2.68. The summed E-state index contributed by atoms with van der Waals surface area (Å²) in [5.41, 5.74) is 5.28. The van der Waals surface area contributed by atoms with Gasteiger partial charge < -0.3 is 15.8 Å². The molecule has 0 aromatic carbocycles. The van der Waals surface area contributed by atoms with Gasteiger partial charge in [-0.15, -0.1) is 0 Å². The lowest BCUT2D eigenvalue weighted by atomic mass is 10.2. The van der Waals surface area contributed by atoms with Gasteiger partial charge in [0.15, 0.2) is 0 Å². The number of nitrogens with one attached hydrogen (secondary N) is 1. The third kappa shape index (κ3) is 4.72. The van der Waals surface area contributed by atoms with Crippen molar-refractivity contribution in [1.29, 1.82) is 0 Å². The van der Waals surface area contributed by atoms with Crippen molar-refractivity contribution >= 4 is 17.7 Å². The minimum Gasteiger partial charge on any atom is -0.370 e. The summed E-state index contributed by atoms with van der Waals surface area (Å²) in [6.07, 6.45) is 3.53. The molecular formula is C11H22N2O2S. The zero-order valence-electron chi connectivity index (χ0n) is 9.91. The van der Waals surface area contributed by atoms with Crippen LogP contribution in [0, 0.1) is 0 Å². The van der Waals surface area contributed by atoms with Crippen molar-refractivity contribution in [2.45, 2.75) is 37.5 Å². The highest BCUT2D eigenvalue weighted by atomic mass is 32.2. The maximum Gasteiger partial charge on any atom is 0.246 e. The highest BCUT2D eigenvalue weighted by Crippen LogP contribution is 2.29. The Balaban J connectivity index is 2.21. The molecule has 0 bridgehead atoms. The molecule has 0 heterocycles. The second-order valence-corrected chi connectivity index (χ2v) is 5.46. The van der Waals surface area contributed by atoms with Gasteiger partial charge in [-0.05, 0) is 18.6 Å². The van der Waals surface area contributed by atoms with E-state index in [0.717, 1.165) is 12.2 Å². The lowest BCUT2D eigenvalue weighted by Crippen LogP contribution is -2.40. The van der Waals surface area contributed by atoms with Crippen molar-refractivity contribution in [3.63, 3.8) is 0 Å². The van der Waals surface area contributed by atoms with Crippen LogP contribution in [-0.2, 0) is 9.53 Å². The molecule has 1 amide bonds. The van der Waals surface area contributed by atoms with Crippen LogP contribution in [-0.4, -0.2) is 42.7 Å². The SMILES string of the molecule is CCSC1CCCC1NC(=O)COCCN. The van der Waals surface area contributed by atoms with Gasteiger partial charge in [0.2, 0.25) is 5.91 Å². The van der Waals surface area contributed by atoms with Gasteiger partial charge in [-0.1, -0.05) is 13.3 Å². The van der Waals surface area contributed by atoms with E-state index in [9.17, 15) is 4.79 Å². The van der Waals surface area contributed by atoms with Crippen molar-refractivity contribution in [2.24, 2.45) is 5.73 Å². The molecule has 1 aliphatic rings. The summed E-state index contributed by atoms with van der Waals surface area (Å²) in [6.45, 7) is 3.21. The topological polar surface area (TPSA) is 64.3 Å². The van der Waals surface area contributed by atoms with Crippen LogP contribution in [0.5, 0.6) is 0 Å². The summed E-state index contributed by atoms with van der Waals surface area (Å²) in [6, 6.07) is 0.332. The molecular weight excluding hydrogens is 224 g/mol. The molecule has 1 rings (SSSR count). The van der Waals surface area contributed by atoms with Crippen molar-refractivity contribution < 1.29 is 9.53 Å². The Morgan fingerprint density at radius 3 is 3.06 bits per heavy atom. The van der Waals surface area contributed by atoms with Crippen LogP contribution >= 0.6 is 11.8 Å². The van der Waals surface area contributed by atoms with Gasteiger partial charge in [0.1, 0.15) is 6.61 Å². The lowest BCUT2D eigenvalue weighted by molar-refractivity contribution is -0.126. The largest absolute Gasteiger partial charge is 0.370 e. The number of nitrogens with two attached hydrogens (primary N) is 1. The van der Waals surface area contributed by atoms with Crippen LogP contribution < -0.4 is 11.1 Å². The quantitative estimate of drug-likeness (QED) is 0.651. The molecule has 0 radical (unpaired) electrons. The molecule has 2 atom stereocenters. The molecule has 1 fully saturated rings. The van der Waals surface area contributed by atoms with Gasteiger partial charge in [0.25, 0.3) is 0 Å². The Morgan fingerprint density at radius 1 is 1.56 bits per heavy atom. The minimum absolute atomic E-state index is 0.0120. The molecule has 1 saturated carbocycles. The molecule has 0 aliphatic heterocycles. The van der Waals surface area contributed by atoms with Gasteiger partial charge in [0.05, 0.1) is 6.61 Å². The van der Waals surface area contributed by atoms with Crippen LogP contribution in [0.4, 0.5) is 0 Å². The summed E-state index contributed by atoms with van der Waals surface area (Å²) in [5, 5.41) is 3.63. The lowest BCUT2D eigenvalue weighted by Gasteiger charge is -2.20. The molecule has 94 valence electrons. The van der Waals surface area contributed by atoms with Gasteiger partial charge in [-0.2, -0.15) is 11.8 Å². The maximum atomic E-state index is 11.5. The number of carbonyl (C=O) groups excluding carboxylic acids is 1. The number of thioether (sulfide) groups is 1. The molecule has 0 aromatic heterocycles. The molecule has 16 heavy (non-hydrogen) atoms. The first-order valence-corrected chi connectivity index (χ1v) is 7.01. The fourth-order valence-corrected chi connectivity index (χ4v) is 3.20. The van der Waals surface area contributed by atoms with E-state index in [1.807, 2.05) is 11.8 Å². The standard InChI is InChI=1S/C11H22N2O2S/c1-2-16-10-5-3-4-9(10)13-11(14)8-15-7-6-12/h9-10H,2-8,12H2,1H3,(H,13,14). The second-order valence-electron chi connectivity index (χ2n) is 3.94. The first-order valence-electron chi connectivity index (χ1n) is 5.96. The third-order valence-corrected chi connectivity index (χ3v) is 4.00. The molecule has 1 aliphatic carbocycles. The molecule has 0 aromatic rings. The van der Waals surface area contributed by atoms with Gasteiger partial charge in [-0.3, -0.25) is 4.79 Å². The van der Waals surface area contributed by atoms with Gasteiger partial charge >= 0.3 is 0 Å². The Bertz CT molecular complexity index is 214. The van der Waals surface area contributed by atoms with Crippen LogP contribution in [0.2, 0.25) is 0 Å². The highest BCUT2D eigenvalue weighted by Gasteiger charge is 2.28. The predicted molar refractivity (Wildman–Crippen MR) is 67.6 cm³/mol. The van der Waals surface area contributed by atoms with E-state index < -0.39 is 0 Å². The summed E-state index contributed by atoms with van der Waals surface area (Å²) in [7, 11) is 0. The Morgan fingerprint density at radius 2 is 2.38 bits per heavy atom. The van der Waals surface area contributed by atoms with Gasteiger partial charge in [-0.25, -0.2) is 0 Å². The molecule has 4 nitrogen and oxygen atoms in total. The Labute approximate surface area is 102 Å². The Hall–Kier alpha value is -0.260. The molecule has 0 saturated heterocycles. The van der Waals surface area contributed by atoms with E-state index in [0.29, 0.717) is 24.4 Å². The van der Waals surface area contributed by atoms with Crippen molar-refractivity contribution in [3.05, 3.63) is 0 Å². The average molecular weight is 246 g/mol. The minimum atomic E-state index is -0.0120. The number of hydrogen-bond acceptors (Lipinski definition) is 4. The fourth-order valence-electron chi connectivity index (χ4n) is 2.00. The number of ether oxygens (including phenoxy) is 1. The fraction of sp³-hybridized carbons (Fsp3) is 0.909. The predicted octanol–water partition coefficient (Wildman–Crippen LogP) is 0.752. The zero-order valence-corrected chi connectivity index (χ0v) is 10.7. The van der Waals surface area contributed by atoms with Crippen molar-refractivity contribution in [1.82, 2.24) is 5.32 Å². The van der Waals surface area contributed by atoms with Crippen LogP contribution in [0.1, 0.15) is 26.2 Å². The van der Waals surface area contributed by atoms with Crippen LogP contribution in [0.15, 0.2) is 0 Å². The average Bonchev–Trinajstić information content (AvgIpc) is 2.67. The van der Waals surface area contributed by atoms with E-state index >= 15 is 0 Å². The monoisotopic (exact) mass is 246 g/mol. The number of carbonyl (C=O) groups is 1. The molecule has 5 heteroatoms. The van der Waals surface area contributed by atoms with Crippen LogP contribution in [0.25, 0.3) is 0 Å². The first kappa shape index (κ1) is 13.8. The maximum absolute atomic E-state index is 11.5. The van der Waals surface area contributed by atoms with E-state index in [1.54, 1.807) is 0 Å². The number of hydrogen-bond donors (Lipinski definition) is 2. The summed E-state index contributed by atoms with van der Waals surface area (Å²) in [4.78, 5) is 11.5. The highest BCUT2D eigenvalue weighted by molar-refractivity contribution is 7.99.